The number of carbonyl (C=O) groups is 1. The maximum atomic E-state index is 10.8. The summed E-state index contributed by atoms with van der Waals surface area (Å²) in [6.07, 6.45) is -0.128. The topological polar surface area (TPSA) is 78.9 Å². The Balaban J connectivity index is 2.36. The third-order valence-corrected chi connectivity index (χ3v) is 1.38. The zero-order valence-corrected chi connectivity index (χ0v) is 7.20. The van der Waals surface area contributed by atoms with Crippen LogP contribution < -0.4 is 5.32 Å². The van der Waals surface area contributed by atoms with Gasteiger partial charge in [-0.1, -0.05) is 5.16 Å². The molecule has 13 heavy (non-hydrogen) atoms. The first-order chi connectivity index (χ1) is 6.22. The number of amides is 1. The standard InChI is InChI=1S/C8H9N3O2/c1-6-4-7(11-13-6)5-10-8(12)2-3-9/h4H,2,5H2,1H3,(H,10,12). The van der Waals surface area contributed by atoms with Gasteiger partial charge in [0.05, 0.1) is 12.6 Å². The van der Waals surface area contributed by atoms with Crippen molar-refractivity contribution in [3.63, 3.8) is 0 Å². The fourth-order valence-electron chi connectivity index (χ4n) is 0.825. The van der Waals surface area contributed by atoms with Crippen LogP contribution in [0, 0.1) is 18.3 Å². The van der Waals surface area contributed by atoms with Crippen molar-refractivity contribution in [1.29, 1.82) is 5.26 Å². The summed E-state index contributed by atoms with van der Waals surface area (Å²) in [5.74, 6) is 0.396. The molecule has 0 fully saturated rings. The van der Waals surface area contributed by atoms with Gasteiger partial charge in [-0.15, -0.1) is 0 Å². The van der Waals surface area contributed by atoms with E-state index in [1.807, 2.05) is 0 Å². The average molecular weight is 179 g/mol. The van der Waals surface area contributed by atoms with Gasteiger partial charge < -0.3 is 9.84 Å². The van der Waals surface area contributed by atoms with Crippen LogP contribution in [-0.2, 0) is 11.3 Å². The minimum Gasteiger partial charge on any atom is -0.361 e. The van der Waals surface area contributed by atoms with Gasteiger partial charge in [0.25, 0.3) is 0 Å². The summed E-state index contributed by atoms with van der Waals surface area (Å²) in [4.78, 5) is 10.8. The van der Waals surface area contributed by atoms with Crippen molar-refractivity contribution in [1.82, 2.24) is 10.5 Å². The van der Waals surface area contributed by atoms with Crippen LogP contribution in [0.4, 0.5) is 0 Å². The molecule has 1 aromatic heterocycles. The van der Waals surface area contributed by atoms with Crippen molar-refractivity contribution in [2.24, 2.45) is 0 Å². The van der Waals surface area contributed by atoms with Crippen LogP contribution in [0.3, 0.4) is 0 Å². The number of hydrogen-bond donors (Lipinski definition) is 1. The van der Waals surface area contributed by atoms with E-state index < -0.39 is 0 Å². The number of carbonyl (C=O) groups excluding carboxylic acids is 1. The molecule has 5 nitrogen and oxygen atoms in total. The number of aromatic nitrogens is 1. The van der Waals surface area contributed by atoms with E-state index >= 15 is 0 Å². The molecule has 1 N–H and O–H groups in total. The second-order valence-electron chi connectivity index (χ2n) is 2.54. The SMILES string of the molecule is Cc1cc(CNC(=O)CC#N)no1. The van der Waals surface area contributed by atoms with Crippen molar-refractivity contribution < 1.29 is 9.32 Å². The molecule has 0 aliphatic rings. The van der Waals surface area contributed by atoms with Crippen LogP contribution in [0.15, 0.2) is 10.6 Å². The first-order valence-electron chi connectivity index (χ1n) is 3.78. The molecule has 1 aromatic rings. The number of rotatable bonds is 3. The van der Waals surface area contributed by atoms with E-state index in [1.165, 1.54) is 0 Å². The number of nitrogens with zero attached hydrogens (tertiary/aromatic N) is 2. The molecule has 0 aliphatic heterocycles. The van der Waals surface area contributed by atoms with Gasteiger partial charge in [0.2, 0.25) is 5.91 Å². The Morgan fingerprint density at radius 2 is 2.62 bits per heavy atom. The highest BCUT2D eigenvalue weighted by atomic mass is 16.5. The summed E-state index contributed by atoms with van der Waals surface area (Å²) < 4.78 is 4.79. The van der Waals surface area contributed by atoms with Crippen molar-refractivity contribution in [2.45, 2.75) is 19.9 Å². The molecule has 1 rings (SSSR count). The lowest BCUT2D eigenvalue weighted by Gasteiger charge is -1.96. The Morgan fingerprint density at radius 3 is 3.15 bits per heavy atom. The van der Waals surface area contributed by atoms with E-state index in [0.717, 1.165) is 0 Å². The molecule has 1 amide bonds. The van der Waals surface area contributed by atoms with E-state index in [4.69, 9.17) is 9.78 Å². The number of aryl methyl sites for hydroxylation is 1. The summed E-state index contributed by atoms with van der Waals surface area (Å²) in [6, 6.07) is 3.48. The molecule has 0 saturated heterocycles. The number of nitriles is 1. The maximum Gasteiger partial charge on any atom is 0.234 e. The molecule has 0 aliphatic carbocycles. The van der Waals surface area contributed by atoms with Gasteiger partial charge in [0.15, 0.2) is 0 Å². The zero-order chi connectivity index (χ0) is 9.68. The predicted octanol–water partition coefficient (Wildman–Crippen LogP) is 0.513. The van der Waals surface area contributed by atoms with Gasteiger partial charge in [-0.25, -0.2) is 0 Å². The molecule has 0 atom stereocenters. The summed E-state index contributed by atoms with van der Waals surface area (Å²) in [5, 5.41) is 14.4. The summed E-state index contributed by atoms with van der Waals surface area (Å²) in [6.45, 7) is 2.07. The molecular weight excluding hydrogens is 170 g/mol. The second kappa shape index (κ2) is 4.26. The molecule has 0 bridgehead atoms. The van der Waals surface area contributed by atoms with Crippen LogP contribution in [0.5, 0.6) is 0 Å². The molecule has 1 heterocycles. The lowest BCUT2D eigenvalue weighted by atomic mass is 10.3. The molecule has 0 aromatic carbocycles. The van der Waals surface area contributed by atoms with Crippen molar-refractivity contribution in [2.75, 3.05) is 0 Å². The largest absolute Gasteiger partial charge is 0.361 e. The summed E-state index contributed by atoms with van der Waals surface area (Å²) >= 11 is 0. The zero-order valence-electron chi connectivity index (χ0n) is 7.20. The third-order valence-electron chi connectivity index (χ3n) is 1.38. The summed E-state index contributed by atoms with van der Waals surface area (Å²) in [5.41, 5.74) is 0.656. The Kier molecular flexibility index (Phi) is 3.03. The highest BCUT2D eigenvalue weighted by Crippen LogP contribution is 2.00. The smallest absolute Gasteiger partial charge is 0.234 e. The third kappa shape index (κ3) is 2.95. The van der Waals surface area contributed by atoms with Crippen molar-refractivity contribution in [3.05, 3.63) is 17.5 Å². The Bertz CT molecular complexity index is 337. The second-order valence-corrected chi connectivity index (χ2v) is 2.54. The van der Waals surface area contributed by atoms with E-state index in [0.29, 0.717) is 18.0 Å². The molecule has 0 radical (unpaired) electrons. The quantitative estimate of drug-likeness (QED) is 0.733. The van der Waals surface area contributed by atoms with Gasteiger partial charge in [0.1, 0.15) is 17.9 Å². The van der Waals surface area contributed by atoms with Crippen LogP contribution in [0.2, 0.25) is 0 Å². The van der Waals surface area contributed by atoms with E-state index in [2.05, 4.69) is 10.5 Å². The predicted molar refractivity (Wildman–Crippen MR) is 43.3 cm³/mol. The lowest BCUT2D eigenvalue weighted by molar-refractivity contribution is -0.120. The monoisotopic (exact) mass is 179 g/mol. The molecule has 5 heteroatoms. The molecule has 68 valence electrons. The van der Waals surface area contributed by atoms with Crippen molar-refractivity contribution >= 4 is 5.91 Å². The fourth-order valence-corrected chi connectivity index (χ4v) is 0.825. The Hall–Kier alpha value is -1.83. The van der Waals surface area contributed by atoms with E-state index in [-0.39, 0.29) is 12.3 Å². The Labute approximate surface area is 75.3 Å². The van der Waals surface area contributed by atoms with E-state index in [9.17, 15) is 4.79 Å². The first kappa shape index (κ1) is 9.26. The Morgan fingerprint density at radius 1 is 1.85 bits per heavy atom. The number of nitrogens with one attached hydrogen (secondary N) is 1. The van der Waals surface area contributed by atoms with Gasteiger partial charge in [-0.05, 0) is 6.92 Å². The molecule has 0 spiro atoms. The van der Waals surface area contributed by atoms with Crippen LogP contribution in [-0.4, -0.2) is 11.1 Å². The molecular formula is C8H9N3O2. The summed E-state index contributed by atoms with van der Waals surface area (Å²) in [7, 11) is 0. The van der Waals surface area contributed by atoms with Crippen LogP contribution in [0.25, 0.3) is 0 Å². The molecule has 0 unspecified atom stereocenters. The van der Waals surface area contributed by atoms with Gasteiger partial charge in [0, 0.05) is 6.07 Å². The first-order valence-corrected chi connectivity index (χ1v) is 3.78. The average Bonchev–Trinajstić information content (AvgIpc) is 2.49. The highest BCUT2D eigenvalue weighted by Gasteiger charge is 2.02. The molecule has 0 saturated carbocycles. The van der Waals surface area contributed by atoms with Crippen LogP contribution >= 0.6 is 0 Å². The highest BCUT2D eigenvalue weighted by molar-refractivity contribution is 5.77. The van der Waals surface area contributed by atoms with E-state index in [1.54, 1.807) is 19.1 Å². The maximum absolute atomic E-state index is 10.8. The van der Waals surface area contributed by atoms with Crippen molar-refractivity contribution in [3.8, 4) is 6.07 Å². The lowest BCUT2D eigenvalue weighted by Crippen LogP contribution is -2.21. The van der Waals surface area contributed by atoms with Gasteiger partial charge >= 0.3 is 0 Å². The van der Waals surface area contributed by atoms with Crippen LogP contribution in [0.1, 0.15) is 17.9 Å². The normalized spacial score (nSPS) is 9.23. The minimum atomic E-state index is -0.303. The fraction of sp³-hybridized carbons (Fsp3) is 0.375. The number of hydrogen-bond acceptors (Lipinski definition) is 4. The minimum absolute atomic E-state index is 0.128. The van der Waals surface area contributed by atoms with Gasteiger partial charge in [-0.2, -0.15) is 5.26 Å². The van der Waals surface area contributed by atoms with Gasteiger partial charge in [-0.3, -0.25) is 4.79 Å².